The van der Waals surface area contributed by atoms with Crippen LogP contribution in [-0.4, -0.2) is 9.55 Å². The standard InChI is InChI=1S/C12H18N4O/c1-3-7-16-8-6-14-12(16)11(15-13)10-5-4-9(2)17-10/h4-6,8,11,15H,3,7,13H2,1-2H3. The lowest BCUT2D eigenvalue weighted by atomic mass is 10.2. The van der Waals surface area contributed by atoms with Crippen molar-refractivity contribution in [3.63, 3.8) is 0 Å². The molecule has 0 saturated heterocycles. The maximum absolute atomic E-state index is 5.61. The third-order valence-electron chi connectivity index (χ3n) is 2.68. The van der Waals surface area contributed by atoms with Crippen molar-refractivity contribution < 1.29 is 4.42 Å². The second-order valence-corrected chi connectivity index (χ2v) is 4.03. The van der Waals surface area contributed by atoms with E-state index in [0.29, 0.717) is 0 Å². The van der Waals surface area contributed by atoms with Crippen molar-refractivity contribution in [2.45, 2.75) is 32.9 Å². The summed E-state index contributed by atoms with van der Waals surface area (Å²) in [5.41, 5.74) is 2.76. The summed E-state index contributed by atoms with van der Waals surface area (Å²) in [4.78, 5) is 4.35. The molecule has 17 heavy (non-hydrogen) atoms. The molecule has 2 rings (SSSR count). The van der Waals surface area contributed by atoms with Crippen molar-refractivity contribution in [2.75, 3.05) is 0 Å². The number of hydrogen-bond acceptors (Lipinski definition) is 4. The molecule has 0 radical (unpaired) electrons. The molecule has 0 amide bonds. The van der Waals surface area contributed by atoms with Crippen molar-refractivity contribution in [3.8, 4) is 0 Å². The highest BCUT2D eigenvalue weighted by atomic mass is 16.3. The smallest absolute Gasteiger partial charge is 0.137 e. The van der Waals surface area contributed by atoms with Crippen molar-refractivity contribution >= 4 is 0 Å². The number of aryl methyl sites for hydroxylation is 2. The van der Waals surface area contributed by atoms with Gasteiger partial charge in [0.25, 0.3) is 0 Å². The number of imidazole rings is 1. The van der Waals surface area contributed by atoms with E-state index < -0.39 is 0 Å². The minimum Gasteiger partial charge on any atom is -0.464 e. The van der Waals surface area contributed by atoms with Crippen LogP contribution < -0.4 is 11.3 Å². The molecule has 0 fully saturated rings. The van der Waals surface area contributed by atoms with Crippen LogP contribution in [0.25, 0.3) is 0 Å². The first-order valence-corrected chi connectivity index (χ1v) is 5.79. The molecule has 92 valence electrons. The molecule has 1 unspecified atom stereocenters. The SMILES string of the molecule is CCCn1ccnc1C(NN)c1ccc(C)o1. The molecule has 5 heteroatoms. The Balaban J connectivity index is 2.31. The third-order valence-corrected chi connectivity index (χ3v) is 2.68. The normalized spacial score (nSPS) is 12.9. The Morgan fingerprint density at radius 3 is 2.94 bits per heavy atom. The van der Waals surface area contributed by atoms with Crippen molar-refractivity contribution in [1.82, 2.24) is 15.0 Å². The largest absolute Gasteiger partial charge is 0.464 e. The molecular formula is C12H18N4O. The predicted octanol–water partition coefficient (Wildman–Crippen LogP) is 1.75. The van der Waals surface area contributed by atoms with Crippen LogP contribution in [0.1, 0.15) is 36.7 Å². The maximum atomic E-state index is 5.61. The van der Waals surface area contributed by atoms with Gasteiger partial charge in [0.05, 0.1) is 0 Å². The van der Waals surface area contributed by atoms with E-state index in [0.717, 1.165) is 30.3 Å². The summed E-state index contributed by atoms with van der Waals surface area (Å²) < 4.78 is 7.68. The summed E-state index contributed by atoms with van der Waals surface area (Å²) >= 11 is 0. The lowest BCUT2D eigenvalue weighted by molar-refractivity contribution is 0.416. The molecule has 0 aromatic carbocycles. The number of furan rings is 1. The summed E-state index contributed by atoms with van der Waals surface area (Å²) in [6.07, 6.45) is 4.79. The molecular weight excluding hydrogens is 216 g/mol. The summed E-state index contributed by atoms with van der Waals surface area (Å²) in [5.74, 6) is 8.14. The highest BCUT2D eigenvalue weighted by Gasteiger charge is 2.20. The number of aromatic nitrogens is 2. The van der Waals surface area contributed by atoms with Gasteiger partial charge in [0, 0.05) is 18.9 Å². The summed E-state index contributed by atoms with van der Waals surface area (Å²) in [7, 11) is 0. The van der Waals surface area contributed by atoms with Gasteiger partial charge in [0.2, 0.25) is 0 Å². The van der Waals surface area contributed by atoms with Gasteiger partial charge in [0.1, 0.15) is 23.4 Å². The second kappa shape index (κ2) is 5.16. The maximum Gasteiger partial charge on any atom is 0.137 e. The van der Waals surface area contributed by atoms with Gasteiger partial charge in [-0.2, -0.15) is 0 Å². The van der Waals surface area contributed by atoms with Gasteiger partial charge in [-0.05, 0) is 25.5 Å². The van der Waals surface area contributed by atoms with Gasteiger partial charge < -0.3 is 8.98 Å². The van der Waals surface area contributed by atoms with Crippen LogP contribution in [0.2, 0.25) is 0 Å². The van der Waals surface area contributed by atoms with Gasteiger partial charge in [-0.25, -0.2) is 10.4 Å². The van der Waals surface area contributed by atoms with Gasteiger partial charge in [-0.1, -0.05) is 6.92 Å². The highest BCUT2D eigenvalue weighted by molar-refractivity contribution is 5.17. The number of hydrogen-bond donors (Lipinski definition) is 2. The number of hydrazine groups is 1. The van der Waals surface area contributed by atoms with Crippen LogP contribution >= 0.6 is 0 Å². The fourth-order valence-electron chi connectivity index (χ4n) is 1.90. The van der Waals surface area contributed by atoms with Crippen LogP contribution in [0.15, 0.2) is 28.9 Å². The lowest BCUT2D eigenvalue weighted by Gasteiger charge is -2.15. The number of nitrogens with zero attached hydrogens (tertiary/aromatic N) is 2. The average Bonchev–Trinajstić information content (AvgIpc) is 2.91. The van der Waals surface area contributed by atoms with Crippen LogP contribution in [0.4, 0.5) is 0 Å². The van der Waals surface area contributed by atoms with Gasteiger partial charge in [-0.3, -0.25) is 5.84 Å². The minimum atomic E-state index is -0.203. The number of nitrogens with one attached hydrogen (secondary N) is 1. The van der Waals surface area contributed by atoms with E-state index in [9.17, 15) is 0 Å². The first-order valence-electron chi connectivity index (χ1n) is 5.79. The van der Waals surface area contributed by atoms with Gasteiger partial charge in [-0.15, -0.1) is 0 Å². The molecule has 3 N–H and O–H groups in total. The molecule has 0 spiro atoms. The molecule has 0 saturated carbocycles. The zero-order valence-electron chi connectivity index (χ0n) is 10.2. The lowest BCUT2D eigenvalue weighted by Crippen LogP contribution is -2.30. The molecule has 0 aliphatic rings. The van der Waals surface area contributed by atoms with E-state index in [1.165, 1.54) is 0 Å². The van der Waals surface area contributed by atoms with Crippen molar-refractivity contribution in [1.29, 1.82) is 0 Å². The summed E-state index contributed by atoms with van der Waals surface area (Å²) in [6, 6.07) is 3.64. The average molecular weight is 234 g/mol. The zero-order valence-corrected chi connectivity index (χ0v) is 10.2. The molecule has 0 aliphatic heterocycles. The van der Waals surface area contributed by atoms with E-state index >= 15 is 0 Å². The topological polar surface area (TPSA) is 69.0 Å². The summed E-state index contributed by atoms with van der Waals surface area (Å²) in [6.45, 7) is 4.97. The summed E-state index contributed by atoms with van der Waals surface area (Å²) in [5, 5.41) is 0. The molecule has 2 aromatic heterocycles. The molecule has 0 bridgehead atoms. The van der Waals surface area contributed by atoms with Crippen LogP contribution in [0.3, 0.4) is 0 Å². The zero-order chi connectivity index (χ0) is 12.3. The van der Waals surface area contributed by atoms with E-state index in [-0.39, 0.29) is 6.04 Å². The Morgan fingerprint density at radius 1 is 1.53 bits per heavy atom. The quantitative estimate of drug-likeness (QED) is 0.611. The van der Waals surface area contributed by atoms with Crippen LogP contribution in [-0.2, 0) is 6.54 Å². The van der Waals surface area contributed by atoms with E-state index in [2.05, 4.69) is 21.9 Å². The first kappa shape index (κ1) is 11.9. The van der Waals surface area contributed by atoms with Crippen molar-refractivity contribution in [3.05, 3.63) is 41.9 Å². The Hall–Kier alpha value is -1.59. The van der Waals surface area contributed by atoms with Crippen LogP contribution in [0.5, 0.6) is 0 Å². The van der Waals surface area contributed by atoms with E-state index in [1.807, 2.05) is 25.3 Å². The first-order chi connectivity index (χ1) is 8.26. The second-order valence-electron chi connectivity index (χ2n) is 4.03. The predicted molar refractivity (Wildman–Crippen MR) is 65.1 cm³/mol. The monoisotopic (exact) mass is 234 g/mol. The third kappa shape index (κ3) is 2.40. The fraction of sp³-hybridized carbons (Fsp3) is 0.417. The molecule has 1 atom stereocenters. The highest BCUT2D eigenvalue weighted by Crippen LogP contribution is 2.22. The molecule has 5 nitrogen and oxygen atoms in total. The number of nitrogens with two attached hydrogens (primary N) is 1. The van der Waals surface area contributed by atoms with Gasteiger partial charge in [0.15, 0.2) is 0 Å². The van der Waals surface area contributed by atoms with Crippen molar-refractivity contribution in [2.24, 2.45) is 5.84 Å². The molecule has 2 aromatic rings. The molecule has 0 aliphatic carbocycles. The minimum absolute atomic E-state index is 0.203. The Bertz CT molecular complexity index is 474. The van der Waals surface area contributed by atoms with E-state index in [4.69, 9.17) is 10.3 Å². The fourth-order valence-corrected chi connectivity index (χ4v) is 1.90. The van der Waals surface area contributed by atoms with E-state index in [1.54, 1.807) is 6.20 Å². The number of rotatable bonds is 5. The Kier molecular flexibility index (Phi) is 3.61. The Morgan fingerprint density at radius 2 is 2.35 bits per heavy atom. The van der Waals surface area contributed by atoms with Gasteiger partial charge >= 0.3 is 0 Å². The Labute approximate surface area is 101 Å². The molecule has 2 heterocycles. The van der Waals surface area contributed by atoms with Crippen LogP contribution in [0, 0.1) is 6.92 Å².